The van der Waals surface area contributed by atoms with Crippen LogP contribution < -0.4 is 10.6 Å². The van der Waals surface area contributed by atoms with Gasteiger partial charge in [-0.05, 0) is 30.0 Å². The topological polar surface area (TPSA) is 74.3 Å². The quantitative estimate of drug-likeness (QED) is 0.855. The van der Waals surface area contributed by atoms with Gasteiger partial charge in [0.25, 0.3) is 0 Å². The molecule has 2 aliphatic rings. The van der Waals surface area contributed by atoms with Crippen molar-refractivity contribution in [1.82, 2.24) is 20.5 Å². The van der Waals surface area contributed by atoms with Crippen LogP contribution in [-0.4, -0.2) is 34.9 Å². The summed E-state index contributed by atoms with van der Waals surface area (Å²) in [5.74, 6) is 0.103. The number of nitrogens with one attached hydrogen (secondary N) is 2. The highest BCUT2D eigenvalue weighted by atomic mass is 16.2. The molecule has 1 spiro atoms. The van der Waals surface area contributed by atoms with E-state index >= 15 is 0 Å². The third-order valence-corrected chi connectivity index (χ3v) is 5.65. The first-order valence-corrected chi connectivity index (χ1v) is 9.40. The van der Waals surface area contributed by atoms with Gasteiger partial charge in [-0.15, -0.1) is 0 Å². The summed E-state index contributed by atoms with van der Waals surface area (Å²) < 4.78 is 0. The zero-order chi connectivity index (χ0) is 18.7. The van der Waals surface area contributed by atoms with Gasteiger partial charge in [-0.1, -0.05) is 36.4 Å². The normalized spacial score (nSPS) is 23.3. The number of nitrogens with zero attached hydrogens (tertiary/aromatic N) is 2. The van der Waals surface area contributed by atoms with E-state index in [9.17, 15) is 9.59 Å². The summed E-state index contributed by atoms with van der Waals surface area (Å²) in [6.07, 6.45) is 5.25. The van der Waals surface area contributed by atoms with Gasteiger partial charge in [0.2, 0.25) is 5.91 Å². The molecule has 2 heterocycles. The SMILES string of the molecule is O=C(NCc1cccnc1)[C@@H]1C[C@@]12CCN(C(=O)NCc1ccccc1)C2. The van der Waals surface area contributed by atoms with Crippen molar-refractivity contribution in [2.24, 2.45) is 11.3 Å². The van der Waals surface area contributed by atoms with E-state index in [4.69, 9.17) is 0 Å². The van der Waals surface area contributed by atoms with Crippen LogP contribution in [0.2, 0.25) is 0 Å². The van der Waals surface area contributed by atoms with E-state index < -0.39 is 0 Å². The fourth-order valence-corrected chi connectivity index (χ4v) is 3.94. The minimum Gasteiger partial charge on any atom is -0.352 e. The van der Waals surface area contributed by atoms with Gasteiger partial charge in [-0.2, -0.15) is 0 Å². The number of pyridine rings is 1. The van der Waals surface area contributed by atoms with Crippen LogP contribution in [0.1, 0.15) is 24.0 Å². The van der Waals surface area contributed by atoms with Gasteiger partial charge >= 0.3 is 6.03 Å². The summed E-state index contributed by atoms with van der Waals surface area (Å²) in [6, 6.07) is 13.6. The highest BCUT2D eigenvalue weighted by Gasteiger charge is 2.61. The van der Waals surface area contributed by atoms with Gasteiger partial charge in [0, 0.05) is 49.9 Å². The standard InChI is InChI=1S/C21H24N4O2/c26-19(23-14-17-7-4-9-22-12-17)18-11-21(18)8-10-25(15-21)20(27)24-13-16-5-2-1-3-6-16/h1-7,9,12,18H,8,10-11,13-15H2,(H,23,26)(H,24,27)/t18-,21+/m0/s1. The first-order chi connectivity index (χ1) is 13.2. The van der Waals surface area contributed by atoms with Crippen LogP contribution in [0.25, 0.3) is 0 Å². The van der Waals surface area contributed by atoms with Gasteiger partial charge in [-0.25, -0.2) is 4.79 Å². The lowest BCUT2D eigenvalue weighted by Gasteiger charge is -2.17. The predicted molar refractivity (Wildman–Crippen MR) is 101 cm³/mol. The molecule has 2 fully saturated rings. The zero-order valence-electron chi connectivity index (χ0n) is 15.2. The van der Waals surface area contributed by atoms with E-state index in [0.717, 1.165) is 24.0 Å². The molecule has 140 valence electrons. The Morgan fingerprint density at radius 3 is 2.63 bits per heavy atom. The lowest BCUT2D eigenvalue weighted by molar-refractivity contribution is -0.123. The first-order valence-electron chi connectivity index (χ1n) is 9.40. The van der Waals surface area contributed by atoms with Gasteiger partial charge in [0.05, 0.1) is 0 Å². The highest BCUT2D eigenvalue weighted by Crippen LogP contribution is 2.58. The van der Waals surface area contributed by atoms with Crippen molar-refractivity contribution in [3.8, 4) is 0 Å². The van der Waals surface area contributed by atoms with Crippen LogP contribution in [0.3, 0.4) is 0 Å². The average molecular weight is 364 g/mol. The Morgan fingerprint density at radius 2 is 1.85 bits per heavy atom. The van der Waals surface area contributed by atoms with Crippen LogP contribution in [-0.2, 0) is 17.9 Å². The van der Waals surface area contributed by atoms with E-state index in [1.807, 2.05) is 47.4 Å². The minimum absolute atomic E-state index is 0.0149. The molecule has 0 radical (unpaired) electrons. The molecule has 1 aromatic heterocycles. The van der Waals surface area contributed by atoms with Crippen molar-refractivity contribution < 1.29 is 9.59 Å². The summed E-state index contributed by atoms with van der Waals surface area (Å²) in [5.41, 5.74) is 2.05. The number of urea groups is 1. The average Bonchev–Trinajstić information content (AvgIpc) is 3.25. The minimum atomic E-state index is -0.0443. The van der Waals surface area contributed by atoms with Crippen molar-refractivity contribution in [3.63, 3.8) is 0 Å². The molecule has 2 atom stereocenters. The number of likely N-dealkylation sites (tertiary alicyclic amines) is 1. The highest BCUT2D eigenvalue weighted by molar-refractivity contribution is 5.83. The van der Waals surface area contributed by atoms with Crippen molar-refractivity contribution in [3.05, 3.63) is 66.0 Å². The van der Waals surface area contributed by atoms with Gasteiger partial charge in [0.15, 0.2) is 0 Å². The Kier molecular flexibility index (Phi) is 4.79. The zero-order valence-corrected chi connectivity index (χ0v) is 15.2. The molecule has 27 heavy (non-hydrogen) atoms. The van der Waals surface area contributed by atoms with E-state index in [1.165, 1.54) is 0 Å². The fraction of sp³-hybridized carbons (Fsp3) is 0.381. The van der Waals surface area contributed by atoms with Crippen molar-refractivity contribution in [2.75, 3.05) is 13.1 Å². The second-order valence-corrected chi connectivity index (χ2v) is 7.51. The fourth-order valence-electron chi connectivity index (χ4n) is 3.94. The number of carbonyl (C=O) groups excluding carboxylic acids is 2. The maximum absolute atomic E-state index is 12.5. The molecule has 0 bridgehead atoms. The first kappa shape index (κ1) is 17.5. The second-order valence-electron chi connectivity index (χ2n) is 7.51. The lowest BCUT2D eigenvalue weighted by Crippen LogP contribution is -2.38. The van der Waals surface area contributed by atoms with Crippen LogP contribution >= 0.6 is 0 Å². The summed E-state index contributed by atoms with van der Waals surface area (Å²) in [5, 5.41) is 5.98. The lowest BCUT2D eigenvalue weighted by atomic mass is 10.0. The number of rotatable bonds is 5. The molecule has 1 saturated heterocycles. The van der Waals surface area contributed by atoms with Crippen LogP contribution in [0, 0.1) is 11.3 Å². The molecule has 2 N–H and O–H groups in total. The van der Waals surface area contributed by atoms with Crippen molar-refractivity contribution in [2.45, 2.75) is 25.9 Å². The van der Waals surface area contributed by atoms with Crippen LogP contribution in [0.4, 0.5) is 4.79 Å². The Hall–Kier alpha value is -2.89. The Balaban J connectivity index is 1.24. The Bertz CT molecular complexity index is 756. The largest absolute Gasteiger partial charge is 0.352 e. The number of amides is 3. The van der Waals surface area contributed by atoms with Crippen LogP contribution in [0.5, 0.6) is 0 Å². The summed E-state index contributed by atoms with van der Waals surface area (Å²) in [6.45, 7) is 2.41. The van der Waals surface area contributed by atoms with E-state index in [0.29, 0.717) is 26.2 Å². The van der Waals surface area contributed by atoms with Crippen molar-refractivity contribution in [1.29, 1.82) is 0 Å². The van der Waals surface area contributed by atoms with Crippen molar-refractivity contribution >= 4 is 11.9 Å². The van der Waals surface area contributed by atoms with E-state index in [1.54, 1.807) is 12.4 Å². The molecular formula is C21H24N4O2. The summed E-state index contributed by atoms with van der Waals surface area (Å²) in [4.78, 5) is 30.8. The summed E-state index contributed by atoms with van der Waals surface area (Å²) in [7, 11) is 0. The molecule has 1 aromatic carbocycles. The Labute approximate surface area is 159 Å². The number of hydrogen-bond donors (Lipinski definition) is 2. The molecule has 3 amide bonds. The second kappa shape index (κ2) is 7.39. The van der Waals surface area contributed by atoms with Gasteiger partial charge in [0.1, 0.15) is 0 Å². The molecule has 1 aliphatic carbocycles. The molecular weight excluding hydrogens is 340 g/mol. The molecule has 1 saturated carbocycles. The molecule has 6 heteroatoms. The third kappa shape index (κ3) is 3.94. The maximum Gasteiger partial charge on any atom is 0.317 e. The number of benzene rings is 1. The maximum atomic E-state index is 12.5. The summed E-state index contributed by atoms with van der Waals surface area (Å²) >= 11 is 0. The smallest absolute Gasteiger partial charge is 0.317 e. The Morgan fingerprint density at radius 1 is 1.07 bits per heavy atom. The molecule has 6 nitrogen and oxygen atoms in total. The number of carbonyl (C=O) groups is 2. The number of aromatic nitrogens is 1. The number of hydrogen-bond acceptors (Lipinski definition) is 3. The van der Waals surface area contributed by atoms with Gasteiger partial charge < -0.3 is 15.5 Å². The van der Waals surface area contributed by atoms with Gasteiger partial charge in [-0.3, -0.25) is 9.78 Å². The molecule has 0 unspecified atom stereocenters. The molecule has 1 aliphatic heterocycles. The monoisotopic (exact) mass is 364 g/mol. The van der Waals surface area contributed by atoms with E-state index in [2.05, 4.69) is 15.6 Å². The predicted octanol–water partition coefficient (Wildman–Crippen LogP) is 2.32. The van der Waals surface area contributed by atoms with Crippen LogP contribution in [0.15, 0.2) is 54.9 Å². The molecule has 4 rings (SSSR count). The van der Waals surface area contributed by atoms with E-state index in [-0.39, 0.29) is 23.3 Å². The third-order valence-electron chi connectivity index (χ3n) is 5.65. The molecule has 2 aromatic rings.